The van der Waals surface area contributed by atoms with Gasteiger partial charge in [0.2, 0.25) is 6.08 Å². The molecule has 0 bridgehead atoms. The zero-order valence-electron chi connectivity index (χ0n) is 7.98. The summed E-state index contributed by atoms with van der Waals surface area (Å²) >= 11 is 0. The zero-order chi connectivity index (χ0) is 10.4. The highest BCUT2D eigenvalue weighted by molar-refractivity contribution is 5.43. The standard InChI is InChI=1S/C9H10N2O3/c1-13-8-4-10-5-9(14-2)7(8)3-11-6-12/h4-5H,3H2,1-2H3. The van der Waals surface area contributed by atoms with Gasteiger partial charge in [0.15, 0.2) is 0 Å². The van der Waals surface area contributed by atoms with Gasteiger partial charge in [-0.3, -0.25) is 4.98 Å². The van der Waals surface area contributed by atoms with Crippen molar-refractivity contribution < 1.29 is 14.3 Å². The summed E-state index contributed by atoms with van der Waals surface area (Å²) in [5.74, 6) is 1.09. The average molecular weight is 194 g/mol. The lowest BCUT2D eigenvalue weighted by molar-refractivity contribution is 0.382. The van der Waals surface area contributed by atoms with Crippen molar-refractivity contribution in [2.45, 2.75) is 6.54 Å². The Morgan fingerprint density at radius 1 is 1.36 bits per heavy atom. The monoisotopic (exact) mass is 194 g/mol. The number of aromatic nitrogens is 1. The van der Waals surface area contributed by atoms with E-state index in [-0.39, 0.29) is 6.54 Å². The molecule has 1 heterocycles. The van der Waals surface area contributed by atoms with Crippen LogP contribution < -0.4 is 9.47 Å². The second-order valence-electron chi connectivity index (χ2n) is 2.43. The third-order valence-corrected chi connectivity index (χ3v) is 1.72. The molecule has 0 aliphatic rings. The smallest absolute Gasteiger partial charge is 0.235 e. The number of ether oxygens (including phenoxy) is 2. The molecule has 0 radical (unpaired) electrons. The molecule has 0 spiro atoms. The Morgan fingerprint density at radius 3 is 2.36 bits per heavy atom. The Balaban J connectivity index is 3.11. The lowest BCUT2D eigenvalue weighted by atomic mass is 10.2. The summed E-state index contributed by atoms with van der Waals surface area (Å²) in [7, 11) is 3.04. The molecule has 0 aromatic carbocycles. The van der Waals surface area contributed by atoms with Gasteiger partial charge in [-0.15, -0.1) is 0 Å². The Kier molecular flexibility index (Phi) is 3.64. The van der Waals surface area contributed by atoms with E-state index in [0.717, 1.165) is 0 Å². The van der Waals surface area contributed by atoms with Crippen LogP contribution in [-0.2, 0) is 11.3 Å². The molecule has 5 heteroatoms. The van der Waals surface area contributed by atoms with Crippen LogP contribution in [0.4, 0.5) is 0 Å². The number of nitrogens with zero attached hydrogens (tertiary/aromatic N) is 2. The lowest BCUT2D eigenvalue weighted by Crippen LogP contribution is -1.96. The fourth-order valence-electron chi connectivity index (χ4n) is 1.07. The third kappa shape index (κ3) is 2.08. The first kappa shape index (κ1) is 10.2. The fourth-order valence-corrected chi connectivity index (χ4v) is 1.07. The quantitative estimate of drug-likeness (QED) is 0.528. The van der Waals surface area contributed by atoms with Crippen LogP contribution in [0.25, 0.3) is 0 Å². The topological polar surface area (TPSA) is 60.8 Å². The van der Waals surface area contributed by atoms with Crippen LogP contribution in [0.1, 0.15) is 5.56 Å². The number of rotatable bonds is 4. The van der Waals surface area contributed by atoms with Crippen LogP contribution in [0.5, 0.6) is 11.5 Å². The highest BCUT2D eigenvalue weighted by Gasteiger charge is 2.09. The molecule has 5 nitrogen and oxygen atoms in total. The van der Waals surface area contributed by atoms with Gasteiger partial charge in [0, 0.05) is 0 Å². The van der Waals surface area contributed by atoms with Gasteiger partial charge >= 0.3 is 0 Å². The van der Waals surface area contributed by atoms with Gasteiger partial charge in [0.1, 0.15) is 11.5 Å². The Hall–Kier alpha value is -1.87. The number of carbonyl (C=O) groups excluding carboxylic acids is 1. The van der Waals surface area contributed by atoms with E-state index < -0.39 is 0 Å². The van der Waals surface area contributed by atoms with Gasteiger partial charge in [-0.05, 0) is 0 Å². The van der Waals surface area contributed by atoms with Crippen LogP contribution >= 0.6 is 0 Å². The number of pyridine rings is 1. The third-order valence-electron chi connectivity index (χ3n) is 1.72. The van der Waals surface area contributed by atoms with Crippen LogP contribution in [0, 0.1) is 0 Å². The Bertz CT molecular complexity index is 337. The van der Waals surface area contributed by atoms with Gasteiger partial charge < -0.3 is 9.47 Å². The molecule has 0 amide bonds. The van der Waals surface area contributed by atoms with Crippen LogP contribution in [0.15, 0.2) is 17.4 Å². The Morgan fingerprint density at radius 2 is 1.93 bits per heavy atom. The van der Waals surface area contributed by atoms with E-state index in [9.17, 15) is 4.79 Å². The number of hydrogen-bond donors (Lipinski definition) is 0. The van der Waals surface area contributed by atoms with Crippen LogP contribution in [0.3, 0.4) is 0 Å². The molecule has 0 saturated carbocycles. The van der Waals surface area contributed by atoms with Gasteiger partial charge in [-0.2, -0.15) is 0 Å². The SMILES string of the molecule is COc1cncc(OC)c1CN=C=O. The summed E-state index contributed by atoms with van der Waals surface area (Å²) < 4.78 is 10.1. The lowest BCUT2D eigenvalue weighted by Gasteiger charge is -2.09. The number of isocyanates is 1. The summed E-state index contributed by atoms with van der Waals surface area (Å²) in [6.45, 7) is 0.179. The van der Waals surface area contributed by atoms with Crippen molar-refractivity contribution in [3.8, 4) is 11.5 Å². The molecule has 1 aromatic heterocycles. The molecule has 74 valence electrons. The summed E-state index contributed by atoms with van der Waals surface area (Å²) in [6.07, 6.45) is 4.54. The zero-order valence-corrected chi connectivity index (χ0v) is 7.98. The largest absolute Gasteiger partial charge is 0.495 e. The summed E-state index contributed by atoms with van der Waals surface area (Å²) in [6, 6.07) is 0. The molecular formula is C9H10N2O3. The summed E-state index contributed by atoms with van der Waals surface area (Å²) in [4.78, 5) is 17.4. The average Bonchev–Trinajstić information content (AvgIpc) is 2.25. The maximum atomic E-state index is 9.99. The normalized spacial score (nSPS) is 9.00. The van der Waals surface area contributed by atoms with E-state index in [1.807, 2.05) is 0 Å². The van der Waals surface area contributed by atoms with E-state index in [2.05, 4.69) is 9.98 Å². The van der Waals surface area contributed by atoms with E-state index in [0.29, 0.717) is 17.1 Å². The molecule has 0 aliphatic carbocycles. The molecular weight excluding hydrogens is 184 g/mol. The minimum absolute atomic E-state index is 0.179. The molecule has 1 aromatic rings. The minimum Gasteiger partial charge on any atom is -0.495 e. The predicted molar refractivity (Wildman–Crippen MR) is 49.2 cm³/mol. The molecule has 1 rings (SSSR count). The van der Waals surface area contributed by atoms with E-state index in [4.69, 9.17) is 9.47 Å². The number of hydrogen-bond acceptors (Lipinski definition) is 5. The first-order valence-electron chi connectivity index (χ1n) is 3.92. The molecule has 0 saturated heterocycles. The van der Waals surface area contributed by atoms with Crippen molar-refractivity contribution in [1.29, 1.82) is 0 Å². The maximum absolute atomic E-state index is 9.99. The van der Waals surface area contributed by atoms with Crippen molar-refractivity contribution in [2.75, 3.05) is 14.2 Å². The number of methoxy groups -OCH3 is 2. The van der Waals surface area contributed by atoms with Crippen LogP contribution in [-0.4, -0.2) is 25.3 Å². The number of aliphatic imine (C=N–C) groups is 1. The van der Waals surface area contributed by atoms with Crippen molar-refractivity contribution in [1.82, 2.24) is 4.98 Å². The van der Waals surface area contributed by atoms with Gasteiger partial charge in [0.25, 0.3) is 0 Å². The molecule has 0 atom stereocenters. The van der Waals surface area contributed by atoms with Gasteiger partial charge in [-0.1, -0.05) is 0 Å². The van der Waals surface area contributed by atoms with E-state index >= 15 is 0 Å². The first-order chi connectivity index (χ1) is 6.83. The highest BCUT2D eigenvalue weighted by atomic mass is 16.5. The fraction of sp³-hybridized carbons (Fsp3) is 0.333. The van der Waals surface area contributed by atoms with Gasteiger partial charge in [-0.25, -0.2) is 9.79 Å². The van der Waals surface area contributed by atoms with Crippen molar-refractivity contribution in [2.24, 2.45) is 4.99 Å². The predicted octanol–water partition coefficient (Wildman–Crippen LogP) is 0.935. The maximum Gasteiger partial charge on any atom is 0.235 e. The van der Waals surface area contributed by atoms with Crippen molar-refractivity contribution in [3.63, 3.8) is 0 Å². The van der Waals surface area contributed by atoms with Crippen molar-refractivity contribution >= 4 is 6.08 Å². The van der Waals surface area contributed by atoms with E-state index in [1.165, 1.54) is 32.7 Å². The first-order valence-corrected chi connectivity index (χ1v) is 3.92. The summed E-state index contributed by atoms with van der Waals surface area (Å²) in [5.41, 5.74) is 0.688. The molecule has 0 N–H and O–H groups in total. The second kappa shape index (κ2) is 4.99. The minimum atomic E-state index is 0.179. The Labute approximate surface area is 81.4 Å². The van der Waals surface area contributed by atoms with Gasteiger partial charge in [0.05, 0.1) is 38.7 Å². The molecule has 0 unspecified atom stereocenters. The van der Waals surface area contributed by atoms with Crippen LogP contribution in [0.2, 0.25) is 0 Å². The van der Waals surface area contributed by atoms with Crippen molar-refractivity contribution in [3.05, 3.63) is 18.0 Å². The molecule has 0 aliphatic heterocycles. The molecule has 14 heavy (non-hydrogen) atoms. The second-order valence-corrected chi connectivity index (χ2v) is 2.43. The summed E-state index contributed by atoms with van der Waals surface area (Å²) in [5, 5.41) is 0. The molecule has 0 fully saturated rings. The van der Waals surface area contributed by atoms with E-state index in [1.54, 1.807) is 0 Å². The highest BCUT2D eigenvalue weighted by Crippen LogP contribution is 2.27.